The summed E-state index contributed by atoms with van der Waals surface area (Å²) >= 11 is 5.46. The summed E-state index contributed by atoms with van der Waals surface area (Å²) in [6, 6.07) is 2.57. The lowest BCUT2D eigenvalue weighted by molar-refractivity contribution is 0.185. The van der Waals surface area contributed by atoms with Crippen LogP contribution in [0.3, 0.4) is 0 Å². The number of nitrogens with two attached hydrogens (primary N) is 1. The van der Waals surface area contributed by atoms with E-state index < -0.39 is 0 Å². The van der Waals surface area contributed by atoms with E-state index >= 15 is 0 Å². The van der Waals surface area contributed by atoms with Crippen LogP contribution in [0, 0.1) is 6.92 Å². The SMILES string of the molecule is CCCN(CCN(C)C)C(CN)c1cc(Br)c(C)s1. The lowest BCUT2D eigenvalue weighted by Gasteiger charge is -2.31. The third-order valence-electron chi connectivity index (χ3n) is 3.21. The zero-order valence-corrected chi connectivity index (χ0v) is 14.9. The lowest BCUT2D eigenvalue weighted by atomic mass is 10.2. The lowest BCUT2D eigenvalue weighted by Crippen LogP contribution is -2.38. The molecule has 0 bridgehead atoms. The summed E-state index contributed by atoms with van der Waals surface area (Å²) < 4.78 is 1.20. The van der Waals surface area contributed by atoms with E-state index in [1.807, 2.05) is 11.3 Å². The van der Waals surface area contributed by atoms with Gasteiger partial charge in [-0.05, 0) is 56.0 Å². The molecule has 1 aromatic rings. The predicted octanol–water partition coefficient (Wildman–Crippen LogP) is 3.09. The van der Waals surface area contributed by atoms with Crippen molar-refractivity contribution >= 4 is 27.3 Å². The van der Waals surface area contributed by atoms with Gasteiger partial charge in [-0.15, -0.1) is 11.3 Å². The predicted molar refractivity (Wildman–Crippen MR) is 89.0 cm³/mol. The van der Waals surface area contributed by atoms with Crippen molar-refractivity contribution in [2.24, 2.45) is 5.73 Å². The van der Waals surface area contributed by atoms with Crippen molar-refractivity contribution in [2.75, 3.05) is 40.3 Å². The molecule has 0 saturated heterocycles. The van der Waals surface area contributed by atoms with Gasteiger partial charge in [-0.1, -0.05) is 6.92 Å². The monoisotopic (exact) mass is 347 g/mol. The molecule has 0 saturated carbocycles. The molecule has 3 nitrogen and oxygen atoms in total. The number of thiophene rings is 1. The summed E-state index contributed by atoms with van der Waals surface area (Å²) in [6.45, 7) is 8.30. The fourth-order valence-electron chi connectivity index (χ4n) is 2.13. The highest BCUT2D eigenvalue weighted by molar-refractivity contribution is 9.10. The summed E-state index contributed by atoms with van der Waals surface area (Å²) in [6.07, 6.45) is 1.16. The summed E-state index contributed by atoms with van der Waals surface area (Å²) in [5, 5.41) is 0. The van der Waals surface area contributed by atoms with E-state index in [0.29, 0.717) is 12.6 Å². The van der Waals surface area contributed by atoms with Crippen molar-refractivity contribution in [2.45, 2.75) is 26.3 Å². The molecular formula is C14H26BrN3S. The van der Waals surface area contributed by atoms with E-state index in [-0.39, 0.29) is 0 Å². The van der Waals surface area contributed by atoms with Crippen molar-refractivity contribution < 1.29 is 0 Å². The van der Waals surface area contributed by atoms with E-state index in [1.165, 1.54) is 14.2 Å². The Morgan fingerprint density at radius 1 is 1.32 bits per heavy atom. The largest absolute Gasteiger partial charge is 0.329 e. The fraction of sp³-hybridized carbons (Fsp3) is 0.714. The van der Waals surface area contributed by atoms with Crippen LogP contribution in [0.1, 0.15) is 29.1 Å². The molecule has 0 radical (unpaired) electrons. The Morgan fingerprint density at radius 2 is 2.00 bits per heavy atom. The second-order valence-electron chi connectivity index (χ2n) is 5.14. The van der Waals surface area contributed by atoms with Gasteiger partial charge in [0.15, 0.2) is 0 Å². The van der Waals surface area contributed by atoms with Crippen LogP contribution in [0.25, 0.3) is 0 Å². The Bertz CT molecular complexity index is 359. The Kier molecular flexibility index (Phi) is 7.54. The minimum atomic E-state index is 0.342. The van der Waals surface area contributed by atoms with Crippen LogP contribution in [0.5, 0.6) is 0 Å². The van der Waals surface area contributed by atoms with E-state index in [1.54, 1.807) is 0 Å². The van der Waals surface area contributed by atoms with Gasteiger partial charge in [0.05, 0.1) is 6.04 Å². The molecule has 0 aliphatic carbocycles. The molecule has 110 valence electrons. The molecule has 0 aliphatic rings. The average molecular weight is 348 g/mol. The molecule has 0 aromatic carbocycles. The van der Waals surface area contributed by atoms with Gasteiger partial charge in [0, 0.05) is 33.9 Å². The molecule has 1 atom stereocenters. The van der Waals surface area contributed by atoms with Crippen molar-refractivity contribution in [1.82, 2.24) is 9.80 Å². The molecule has 2 N–H and O–H groups in total. The van der Waals surface area contributed by atoms with Crippen LogP contribution in [0.2, 0.25) is 0 Å². The summed E-state index contributed by atoms with van der Waals surface area (Å²) in [5.74, 6) is 0. The Labute approximate surface area is 129 Å². The molecule has 19 heavy (non-hydrogen) atoms. The summed E-state index contributed by atoms with van der Waals surface area (Å²) in [5.41, 5.74) is 6.04. The van der Waals surface area contributed by atoms with E-state index in [2.05, 4.69) is 59.7 Å². The Morgan fingerprint density at radius 3 is 2.42 bits per heavy atom. The number of aryl methyl sites for hydroxylation is 1. The van der Waals surface area contributed by atoms with Crippen LogP contribution in [-0.2, 0) is 0 Å². The highest BCUT2D eigenvalue weighted by Crippen LogP contribution is 2.33. The molecule has 0 spiro atoms. The second kappa shape index (κ2) is 8.37. The van der Waals surface area contributed by atoms with Crippen molar-refractivity contribution in [3.8, 4) is 0 Å². The minimum Gasteiger partial charge on any atom is -0.329 e. The molecule has 0 aliphatic heterocycles. The van der Waals surface area contributed by atoms with Crippen molar-refractivity contribution in [1.29, 1.82) is 0 Å². The van der Waals surface area contributed by atoms with E-state index in [9.17, 15) is 0 Å². The maximum Gasteiger partial charge on any atom is 0.0565 e. The Hall–Kier alpha value is 0.0600. The normalized spacial score (nSPS) is 13.5. The van der Waals surface area contributed by atoms with Gasteiger partial charge in [-0.2, -0.15) is 0 Å². The van der Waals surface area contributed by atoms with Crippen LogP contribution in [0.4, 0.5) is 0 Å². The maximum absolute atomic E-state index is 6.04. The number of rotatable bonds is 8. The van der Waals surface area contributed by atoms with Crippen molar-refractivity contribution in [3.05, 3.63) is 20.3 Å². The van der Waals surface area contributed by atoms with Gasteiger partial charge in [0.1, 0.15) is 0 Å². The third kappa shape index (κ3) is 5.16. The second-order valence-corrected chi connectivity index (χ2v) is 7.29. The number of nitrogens with zero attached hydrogens (tertiary/aromatic N) is 2. The summed E-state index contributed by atoms with van der Waals surface area (Å²) in [4.78, 5) is 7.44. The van der Waals surface area contributed by atoms with Crippen LogP contribution < -0.4 is 5.73 Å². The highest BCUT2D eigenvalue weighted by atomic mass is 79.9. The molecule has 0 amide bonds. The molecular weight excluding hydrogens is 322 g/mol. The van der Waals surface area contributed by atoms with Gasteiger partial charge < -0.3 is 10.6 Å². The number of hydrogen-bond donors (Lipinski definition) is 1. The van der Waals surface area contributed by atoms with Gasteiger partial charge >= 0.3 is 0 Å². The standard InChI is InChI=1S/C14H26BrN3S/c1-5-6-18(8-7-17(3)4)13(10-16)14-9-12(15)11(2)19-14/h9,13H,5-8,10,16H2,1-4H3. The molecule has 1 rings (SSSR count). The van der Waals surface area contributed by atoms with Gasteiger partial charge in [-0.3, -0.25) is 4.90 Å². The molecule has 5 heteroatoms. The number of halogens is 1. The first-order valence-electron chi connectivity index (χ1n) is 6.84. The molecule has 1 heterocycles. The highest BCUT2D eigenvalue weighted by Gasteiger charge is 2.21. The topological polar surface area (TPSA) is 32.5 Å². The zero-order valence-electron chi connectivity index (χ0n) is 12.4. The zero-order chi connectivity index (χ0) is 14.4. The minimum absolute atomic E-state index is 0.342. The van der Waals surface area contributed by atoms with Crippen LogP contribution >= 0.6 is 27.3 Å². The first-order valence-corrected chi connectivity index (χ1v) is 8.45. The fourth-order valence-corrected chi connectivity index (χ4v) is 3.84. The average Bonchev–Trinajstić information content (AvgIpc) is 2.67. The number of likely N-dealkylation sites (N-methyl/N-ethyl adjacent to an activating group) is 1. The Balaban J connectivity index is 2.82. The molecule has 0 fully saturated rings. The third-order valence-corrected chi connectivity index (χ3v) is 5.45. The van der Waals surface area contributed by atoms with Crippen molar-refractivity contribution in [3.63, 3.8) is 0 Å². The molecule has 1 unspecified atom stereocenters. The van der Waals surface area contributed by atoms with E-state index in [0.717, 1.165) is 26.1 Å². The maximum atomic E-state index is 6.04. The quantitative estimate of drug-likeness (QED) is 0.784. The van der Waals surface area contributed by atoms with Crippen LogP contribution in [0.15, 0.2) is 10.5 Å². The van der Waals surface area contributed by atoms with E-state index in [4.69, 9.17) is 5.73 Å². The first-order chi connectivity index (χ1) is 8.99. The smallest absolute Gasteiger partial charge is 0.0565 e. The first kappa shape index (κ1) is 17.1. The molecule has 1 aromatic heterocycles. The summed E-state index contributed by atoms with van der Waals surface area (Å²) in [7, 11) is 4.24. The number of hydrogen-bond acceptors (Lipinski definition) is 4. The van der Waals surface area contributed by atoms with Gasteiger partial charge in [0.25, 0.3) is 0 Å². The van der Waals surface area contributed by atoms with Gasteiger partial charge in [0.2, 0.25) is 0 Å². The van der Waals surface area contributed by atoms with Gasteiger partial charge in [-0.25, -0.2) is 0 Å². The van der Waals surface area contributed by atoms with Crippen LogP contribution in [-0.4, -0.2) is 50.1 Å².